The Morgan fingerprint density at radius 1 is 1.00 bits per heavy atom. The quantitative estimate of drug-likeness (QED) is 0.725. The summed E-state index contributed by atoms with van der Waals surface area (Å²) < 4.78 is 41.1. The highest BCUT2D eigenvalue weighted by atomic mass is 32.2. The molecular formula is C23H32FN3O3S. The van der Waals surface area contributed by atoms with E-state index in [1.165, 1.54) is 29.6 Å². The van der Waals surface area contributed by atoms with Gasteiger partial charge in [-0.1, -0.05) is 12.1 Å². The first kappa shape index (κ1) is 21.2. The number of amides is 1. The fourth-order valence-corrected chi connectivity index (χ4v) is 8.25. The monoisotopic (exact) mass is 449 g/mol. The van der Waals surface area contributed by atoms with Crippen LogP contribution in [0.1, 0.15) is 38.5 Å². The number of carbonyl (C=O) groups is 1. The summed E-state index contributed by atoms with van der Waals surface area (Å²) in [7, 11) is -3.45. The Morgan fingerprint density at radius 3 is 2.16 bits per heavy atom. The number of sulfonamides is 1. The molecule has 8 heteroatoms. The van der Waals surface area contributed by atoms with Crippen molar-refractivity contribution < 1.29 is 17.6 Å². The maximum atomic E-state index is 14.0. The van der Waals surface area contributed by atoms with E-state index in [0.717, 1.165) is 19.3 Å². The number of benzene rings is 1. The van der Waals surface area contributed by atoms with Gasteiger partial charge in [-0.3, -0.25) is 4.79 Å². The number of nitrogens with zero attached hydrogens (tertiary/aromatic N) is 2. The smallest absolute Gasteiger partial charge is 0.226 e. The van der Waals surface area contributed by atoms with Crippen molar-refractivity contribution in [2.45, 2.75) is 38.5 Å². The highest BCUT2D eigenvalue weighted by Gasteiger charge is 2.54. The van der Waals surface area contributed by atoms with Gasteiger partial charge in [-0.05, 0) is 68.4 Å². The summed E-state index contributed by atoms with van der Waals surface area (Å²) in [6, 6.07) is 6.58. The van der Waals surface area contributed by atoms with Crippen LogP contribution in [0, 0.1) is 29.0 Å². The van der Waals surface area contributed by atoms with Gasteiger partial charge in [0.15, 0.2) is 0 Å². The summed E-state index contributed by atoms with van der Waals surface area (Å²) in [5, 5.41) is 2.97. The molecule has 1 aromatic carbocycles. The Morgan fingerprint density at radius 2 is 1.58 bits per heavy atom. The van der Waals surface area contributed by atoms with Crippen molar-refractivity contribution in [1.29, 1.82) is 0 Å². The summed E-state index contributed by atoms with van der Waals surface area (Å²) in [6.07, 6.45) is 6.78. The molecule has 0 spiro atoms. The molecule has 4 saturated carbocycles. The summed E-state index contributed by atoms with van der Waals surface area (Å²) >= 11 is 0. The topological polar surface area (TPSA) is 69.7 Å². The van der Waals surface area contributed by atoms with Gasteiger partial charge >= 0.3 is 0 Å². The zero-order valence-corrected chi connectivity index (χ0v) is 18.7. The molecule has 6 nitrogen and oxygen atoms in total. The van der Waals surface area contributed by atoms with E-state index < -0.39 is 10.0 Å². The van der Waals surface area contributed by atoms with Crippen molar-refractivity contribution in [3.05, 3.63) is 30.1 Å². The van der Waals surface area contributed by atoms with Crippen LogP contribution >= 0.6 is 0 Å². The lowest BCUT2D eigenvalue weighted by atomic mass is 9.49. The minimum atomic E-state index is -3.45. The van der Waals surface area contributed by atoms with Gasteiger partial charge < -0.3 is 10.2 Å². The maximum Gasteiger partial charge on any atom is 0.226 e. The van der Waals surface area contributed by atoms with Gasteiger partial charge in [0.2, 0.25) is 15.9 Å². The van der Waals surface area contributed by atoms with Crippen LogP contribution in [0.3, 0.4) is 0 Å². The second-order valence-corrected chi connectivity index (χ2v) is 12.2. The number of piperazine rings is 1. The molecule has 1 aliphatic heterocycles. The Kier molecular flexibility index (Phi) is 5.49. The number of halogens is 1. The minimum absolute atomic E-state index is 0.0752. The zero-order chi connectivity index (χ0) is 21.6. The molecule has 6 rings (SSSR count). The van der Waals surface area contributed by atoms with Crippen LogP contribution in [0.25, 0.3) is 0 Å². The molecule has 4 aliphatic carbocycles. The fourth-order valence-electron chi connectivity index (χ4n) is 6.91. The molecule has 1 saturated heterocycles. The largest absolute Gasteiger partial charge is 0.367 e. The van der Waals surface area contributed by atoms with Crippen molar-refractivity contribution in [2.24, 2.45) is 23.2 Å². The third kappa shape index (κ3) is 4.09. The van der Waals surface area contributed by atoms with E-state index in [4.69, 9.17) is 0 Å². The van der Waals surface area contributed by atoms with Crippen LogP contribution in [0.15, 0.2) is 24.3 Å². The van der Waals surface area contributed by atoms with Crippen LogP contribution < -0.4 is 10.2 Å². The molecule has 1 N–H and O–H groups in total. The number of para-hydroxylation sites is 1. The standard InChI is InChI=1S/C23H32FN3O3S/c24-20-3-1-2-4-21(20)26-6-8-27(9-7-26)31(29,30)10-5-25-22(28)23-14-17-11-18(15-23)13-19(12-17)16-23/h1-4,17-19H,5-16H2,(H,25,28). The Hall–Kier alpha value is -1.67. The number of anilines is 1. The normalized spacial score (nSPS) is 32.9. The van der Waals surface area contributed by atoms with E-state index in [-0.39, 0.29) is 29.4 Å². The number of carbonyl (C=O) groups excluding carboxylic acids is 1. The molecule has 0 atom stereocenters. The first-order valence-electron chi connectivity index (χ1n) is 11.6. The average molecular weight is 450 g/mol. The van der Waals surface area contributed by atoms with Gasteiger partial charge in [0.25, 0.3) is 0 Å². The van der Waals surface area contributed by atoms with Crippen molar-refractivity contribution in [1.82, 2.24) is 9.62 Å². The SMILES string of the molecule is O=C(NCCS(=O)(=O)N1CCN(c2ccccc2F)CC1)C12CC3CC(CC(C3)C1)C2. The van der Waals surface area contributed by atoms with Crippen molar-refractivity contribution in [2.75, 3.05) is 43.4 Å². The summed E-state index contributed by atoms with van der Waals surface area (Å²) in [5.41, 5.74) is 0.270. The van der Waals surface area contributed by atoms with Crippen molar-refractivity contribution >= 4 is 21.6 Å². The predicted octanol–water partition coefficient (Wildman–Crippen LogP) is 2.61. The zero-order valence-electron chi connectivity index (χ0n) is 17.9. The van der Waals surface area contributed by atoms with Crippen LogP contribution in [-0.4, -0.2) is 57.1 Å². The van der Waals surface area contributed by atoms with Crippen molar-refractivity contribution in [3.63, 3.8) is 0 Å². The molecule has 1 aromatic rings. The third-order valence-electron chi connectivity index (χ3n) is 7.99. The molecule has 5 fully saturated rings. The van der Waals surface area contributed by atoms with E-state index in [2.05, 4.69) is 5.32 Å². The molecule has 1 amide bonds. The molecule has 1 heterocycles. The van der Waals surface area contributed by atoms with Crippen LogP contribution in [0.5, 0.6) is 0 Å². The predicted molar refractivity (Wildman–Crippen MR) is 118 cm³/mol. The van der Waals surface area contributed by atoms with Gasteiger partial charge in [-0.15, -0.1) is 0 Å². The summed E-state index contributed by atoms with van der Waals surface area (Å²) in [4.78, 5) is 14.9. The van der Waals surface area contributed by atoms with Crippen LogP contribution in [-0.2, 0) is 14.8 Å². The maximum absolute atomic E-state index is 14.0. The first-order chi connectivity index (χ1) is 14.8. The molecule has 0 aromatic heterocycles. The van der Waals surface area contributed by atoms with E-state index in [9.17, 15) is 17.6 Å². The first-order valence-corrected chi connectivity index (χ1v) is 13.2. The Bertz CT molecular complexity index is 908. The van der Waals surface area contributed by atoms with Gasteiger partial charge in [0.1, 0.15) is 5.82 Å². The second kappa shape index (κ2) is 8.03. The molecule has 0 radical (unpaired) electrons. The lowest BCUT2D eigenvalue weighted by molar-refractivity contribution is -0.146. The van der Waals surface area contributed by atoms with Crippen LogP contribution in [0.2, 0.25) is 0 Å². The lowest BCUT2D eigenvalue weighted by Gasteiger charge is -2.55. The number of hydrogen-bond acceptors (Lipinski definition) is 4. The highest BCUT2D eigenvalue weighted by Crippen LogP contribution is 2.60. The highest BCUT2D eigenvalue weighted by molar-refractivity contribution is 7.89. The van der Waals surface area contributed by atoms with Crippen LogP contribution in [0.4, 0.5) is 10.1 Å². The van der Waals surface area contributed by atoms with E-state index >= 15 is 0 Å². The molecule has 0 unspecified atom stereocenters. The lowest BCUT2D eigenvalue weighted by Crippen LogP contribution is -2.54. The Balaban J connectivity index is 1.13. The van der Waals surface area contributed by atoms with E-state index in [0.29, 0.717) is 49.6 Å². The number of hydrogen-bond donors (Lipinski definition) is 1. The summed E-state index contributed by atoms with van der Waals surface area (Å²) in [5.74, 6) is 1.77. The molecule has 170 valence electrons. The number of nitrogens with one attached hydrogen (secondary N) is 1. The van der Waals surface area contributed by atoms with Gasteiger partial charge in [-0.2, -0.15) is 4.31 Å². The summed E-state index contributed by atoms with van der Waals surface area (Å²) in [6.45, 7) is 1.75. The molecular weight excluding hydrogens is 417 g/mol. The second-order valence-electron chi connectivity index (χ2n) is 10.1. The van der Waals surface area contributed by atoms with Crippen molar-refractivity contribution in [3.8, 4) is 0 Å². The molecule has 31 heavy (non-hydrogen) atoms. The molecule has 5 aliphatic rings. The van der Waals surface area contributed by atoms with Gasteiger partial charge in [0, 0.05) is 38.1 Å². The average Bonchev–Trinajstić information content (AvgIpc) is 2.73. The van der Waals surface area contributed by atoms with Gasteiger partial charge in [0.05, 0.1) is 11.4 Å². The van der Waals surface area contributed by atoms with Gasteiger partial charge in [-0.25, -0.2) is 12.8 Å². The minimum Gasteiger partial charge on any atom is -0.367 e. The van der Waals surface area contributed by atoms with E-state index in [1.54, 1.807) is 18.2 Å². The Labute approximate surface area is 184 Å². The number of rotatable bonds is 6. The third-order valence-corrected chi connectivity index (χ3v) is 9.86. The molecule has 4 bridgehead atoms. The fraction of sp³-hybridized carbons (Fsp3) is 0.696. The van der Waals surface area contributed by atoms with E-state index in [1.807, 2.05) is 4.90 Å².